The first-order chi connectivity index (χ1) is 13.6. The first kappa shape index (κ1) is 18.8. The van der Waals surface area contributed by atoms with Crippen molar-refractivity contribution in [3.8, 4) is 11.5 Å². The summed E-state index contributed by atoms with van der Waals surface area (Å²) < 4.78 is 13.1. The van der Waals surface area contributed by atoms with Gasteiger partial charge < -0.3 is 18.9 Å². The van der Waals surface area contributed by atoms with Crippen molar-refractivity contribution < 1.29 is 14.3 Å². The molecule has 0 radical (unpaired) electrons. The molecule has 1 saturated carbocycles. The number of nitrogens with zero attached hydrogens (tertiary/aromatic N) is 3. The molecule has 0 N–H and O–H groups in total. The van der Waals surface area contributed by atoms with Gasteiger partial charge in [0, 0.05) is 43.5 Å². The van der Waals surface area contributed by atoms with E-state index in [4.69, 9.17) is 9.47 Å². The summed E-state index contributed by atoms with van der Waals surface area (Å²) in [5.41, 5.74) is 1.82. The van der Waals surface area contributed by atoms with Crippen LogP contribution in [0.3, 0.4) is 0 Å². The maximum absolute atomic E-state index is 13.2. The number of amides is 1. The van der Waals surface area contributed by atoms with E-state index >= 15 is 0 Å². The maximum atomic E-state index is 13.2. The second kappa shape index (κ2) is 7.86. The van der Waals surface area contributed by atoms with Gasteiger partial charge in [0.15, 0.2) is 0 Å². The Morgan fingerprint density at radius 1 is 1.21 bits per heavy atom. The second-order valence-electron chi connectivity index (χ2n) is 7.97. The van der Waals surface area contributed by atoms with Gasteiger partial charge in [-0.05, 0) is 50.7 Å². The van der Waals surface area contributed by atoms with Crippen molar-refractivity contribution in [2.45, 2.75) is 45.1 Å². The molecular formula is C22H29N3O3. The van der Waals surface area contributed by atoms with Gasteiger partial charge >= 0.3 is 0 Å². The lowest BCUT2D eigenvalue weighted by molar-refractivity contribution is 0.0658. The molecule has 1 amide bonds. The van der Waals surface area contributed by atoms with Gasteiger partial charge in [-0.1, -0.05) is 0 Å². The van der Waals surface area contributed by atoms with E-state index in [9.17, 15) is 4.79 Å². The van der Waals surface area contributed by atoms with Crippen molar-refractivity contribution in [1.82, 2.24) is 14.5 Å². The van der Waals surface area contributed by atoms with E-state index in [2.05, 4.69) is 16.5 Å². The summed E-state index contributed by atoms with van der Waals surface area (Å²) >= 11 is 0. The number of piperidine rings is 1. The Balaban J connectivity index is 1.48. The van der Waals surface area contributed by atoms with Gasteiger partial charge in [0.1, 0.15) is 17.3 Å². The van der Waals surface area contributed by atoms with Crippen LogP contribution in [-0.4, -0.2) is 47.7 Å². The Bertz CT molecular complexity index is 857. The zero-order chi connectivity index (χ0) is 19.7. The molecule has 0 spiro atoms. The van der Waals surface area contributed by atoms with E-state index in [0.717, 1.165) is 32.5 Å². The topological polar surface area (TPSA) is 56.6 Å². The molecule has 150 valence electrons. The highest BCUT2D eigenvalue weighted by Crippen LogP contribution is 2.40. The van der Waals surface area contributed by atoms with E-state index in [1.54, 1.807) is 26.4 Å². The molecule has 1 aliphatic heterocycles. The first-order valence-electron chi connectivity index (χ1n) is 10.1. The maximum Gasteiger partial charge on any atom is 0.257 e. The Morgan fingerprint density at radius 3 is 2.75 bits per heavy atom. The van der Waals surface area contributed by atoms with Crippen LogP contribution in [0.15, 0.2) is 24.4 Å². The van der Waals surface area contributed by atoms with Gasteiger partial charge in [-0.15, -0.1) is 0 Å². The van der Waals surface area contributed by atoms with Crippen molar-refractivity contribution in [1.29, 1.82) is 0 Å². The number of methoxy groups -OCH3 is 2. The van der Waals surface area contributed by atoms with Crippen LogP contribution in [0.25, 0.3) is 0 Å². The smallest absolute Gasteiger partial charge is 0.257 e. The molecule has 1 aromatic carbocycles. The monoisotopic (exact) mass is 383 g/mol. The summed E-state index contributed by atoms with van der Waals surface area (Å²) in [5.74, 6) is 3.61. The lowest BCUT2D eigenvalue weighted by atomic mass is 9.96. The number of likely N-dealkylation sites (tertiary alicyclic amines) is 1. The third-order valence-electron chi connectivity index (χ3n) is 5.91. The molecule has 1 aromatic heterocycles. The fourth-order valence-corrected chi connectivity index (χ4v) is 4.19. The highest BCUT2D eigenvalue weighted by atomic mass is 16.5. The summed E-state index contributed by atoms with van der Waals surface area (Å²) in [6.45, 7) is 4.65. The van der Waals surface area contributed by atoms with Gasteiger partial charge in [0.25, 0.3) is 5.91 Å². The predicted octanol–water partition coefficient (Wildman–Crippen LogP) is 3.64. The van der Waals surface area contributed by atoms with Gasteiger partial charge in [-0.25, -0.2) is 4.98 Å². The second-order valence-corrected chi connectivity index (χ2v) is 7.97. The van der Waals surface area contributed by atoms with E-state index in [1.807, 2.05) is 17.2 Å². The highest BCUT2D eigenvalue weighted by Gasteiger charge is 2.31. The van der Waals surface area contributed by atoms with Crippen LogP contribution in [0.1, 0.15) is 53.5 Å². The van der Waals surface area contributed by atoms with Crippen molar-refractivity contribution in [3.05, 3.63) is 41.5 Å². The third-order valence-corrected chi connectivity index (χ3v) is 5.91. The lowest BCUT2D eigenvalue weighted by Crippen LogP contribution is -2.41. The molecule has 6 nitrogen and oxygen atoms in total. The molecule has 1 saturated heterocycles. The number of rotatable bonds is 6. The third kappa shape index (κ3) is 3.73. The van der Waals surface area contributed by atoms with Crippen molar-refractivity contribution in [3.63, 3.8) is 0 Å². The van der Waals surface area contributed by atoms with Gasteiger partial charge in [-0.3, -0.25) is 4.79 Å². The van der Waals surface area contributed by atoms with Crippen molar-refractivity contribution >= 4 is 5.91 Å². The van der Waals surface area contributed by atoms with Gasteiger partial charge in [0.05, 0.1) is 19.8 Å². The van der Waals surface area contributed by atoms with Crippen molar-refractivity contribution in [2.75, 3.05) is 27.3 Å². The average molecular weight is 383 g/mol. The Hall–Kier alpha value is -2.50. The number of hydrogen-bond donors (Lipinski definition) is 0. The SMILES string of the molecule is COc1ccc(C(=O)N2CCCC(Cn3c(C)cnc3C3CC3)C2)c(OC)c1. The number of benzene rings is 1. The van der Waals surface area contributed by atoms with Crippen LogP contribution in [-0.2, 0) is 6.54 Å². The molecule has 2 heterocycles. The van der Waals surface area contributed by atoms with E-state index in [-0.39, 0.29) is 5.91 Å². The number of aryl methyl sites for hydroxylation is 1. The van der Waals surface area contributed by atoms with Crippen LogP contribution in [0.5, 0.6) is 11.5 Å². The number of ether oxygens (including phenoxy) is 2. The molecule has 28 heavy (non-hydrogen) atoms. The predicted molar refractivity (Wildman–Crippen MR) is 107 cm³/mol. The Morgan fingerprint density at radius 2 is 2.04 bits per heavy atom. The molecule has 4 rings (SSSR count). The summed E-state index contributed by atoms with van der Waals surface area (Å²) in [4.78, 5) is 19.8. The van der Waals surface area contributed by atoms with E-state index in [1.165, 1.54) is 24.4 Å². The number of aromatic nitrogens is 2. The number of carbonyl (C=O) groups excluding carboxylic acids is 1. The number of carbonyl (C=O) groups is 1. The van der Waals surface area contributed by atoms with Crippen LogP contribution < -0.4 is 9.47 Å². The van der Waals surface area contributed by atoms with Crippen LogP contribution >= 0.6 is 0 Å². The standard InChI is InChI=1S/C22H29N3O3/c1-15-12-23-21(17-6-7-17)25(15)14-16-5-4-10-24(13-16)22(26)19-9-8-18(27-2)11-20(19)28-3/h8-9,11-12,16-17H,4-7,10,13-14H2,1-3H3. The average Bonchev–Trinajstić information content (AvgIpc) is 3.51. The highest BCUT2D eigenvalue weighted by molar-refractivity contribution is 5.97. The largest absolute Gasteiger partial charge is 0.497 e. The quantitative estimate of drug-likeness (QED) is 0.764. The molecule has 0 bridgehead atoms. The Labute approximate surface area is 166 Å². The summed E-state index contributed by atoms with van der Waals surface area (Å²) in [5, 5.41) is 0. The molecule has 1 aliphatic carbocycles. The number of imidazole rings is 1. The number of hydrogen-bond acceptors (Lipinski definition) is 4. The van der Waals surface area contributed by atoms with Gasteiger partial charge in [-0.2, -0.15) is 0 Å². The molecule has 2 aromatic rings. The minimum absolute atomic E-state index is 0.0361. The summed E-state index contributed by atoms with van der Waals surface area (Å²) in [7, 11) is 3.20. The molecule has 1 atom stereocenters. The summed E-state index contributed by atoms with van der Waals surface area (Å²) in [6.07, 6.45) is 6.67. The molecular weight excluding hydrogens is 354 g/mol. The molecule has 2 aliphatic rings. The minimum Gasteiger partial charge on any atom is -0.497 e. The zero-order valence-corrected chi connectivity index (χ0v) is 17.0. The molecule has 1 unspecified atom stereocenters. The first-order valence-corrected chi connectivity index (χ1v) is 10.1. The Kier molecular flexibility index (Phi) is 5.29. The fourth-order valence-electron chi connectivity index (χ4n) is 4.19. The zero-order valence-electron chi connectivity index (χ0n) is 17.0. The van der Waals surface area contributed by atoms with Gasteiger partial charge in [0.2, 0.25) is 0 Å². The molecule has 6 heteroatoms. The fraction of sp³-hybridized carbons (Fsp3) is 0.545. The van der Waals surface area contributed by atoms with Crippen LogP contribution in [0.2, 0.25) is 0 Å². The van der Waals surface area contributed by atoms with E-state index in [0.29, 0.717) is 28.9 Å². The minimum atomic E-state index is 0.0361. The van der Waals surface area contributed by atoms with Crippen LogP contribution in [0.4, 0.5) is 0 Å². The molecule has 2 fully saturated rings. The van der Waals surface area contributed by atoms with Crippen molar-refractivity contribution in [2.24, 2.45) is 5.92 Å². The normalized spacial score (nSPS) is 19.5. The lowest BCUT2D eigenvalue weighted by Gasteiger charge is -2.33. The summed E-state index contributed by atoms with van der Waals surface area (Å²) in [6, 6.07) is 5.38. The van der Waals surface area contributed by atoms with E-state index < -0.39 is 0 Å². The van der Waals surface area contributed by atoms with Crippen LogP contribution in [0, 0.1) is 12.8 Å².